The molecule has 0 bridgehead atoms. The number of benzene rings is 1. The monoisotopic (exact) mass is 264 g/mol. The molecule has 0 saturated carbocycles. The highest BCUT2D eigenvalue weighted by molar-refractivity contribution is 5.65. The number of hydrogen-bond donors (Lipinski definition) is 0. The van der Waals surface area contributed by atoms with Crippen LogP contribution >= 0.6 is 0 Å². The van der Waals surface area contributed by atoms with E-state index in [0.717, 1.165) is 22.4 Å². The lowest BCUT2D eigenvalue weighted by atomic mass is 10.1. The summed E-state index contributed by atoms with van der Waals surface area (Å²) in [6, 6.07) is 13.7. The van der Waals surface area contributed by atoms with Crippen molar-refractivity contribution in [3.8, 4) is 11.9 Å². The van der Waals surface area contributed by atoms with Gasteiger partial charge in [-0.25, -0.2) is 4.98 Å². The first kappa shape index (κ1) is 13.8. The molecular weight excluding hydrogens is 248 g/mol. The predicted octanol–water partition coefficient (Wildman–Crippen LogP) is 3.87. The summed E-state index contributed by atoms with van der Waals surface area (Å²) in [7, 11) is 0. The van der Waals surface area contributed by atoms with E-state index in [1.165, 1.54) is 0 Å². The largest absolute Gasteiger partial charge is 0.472 e. The summed E-state index contributed by atoms with van der Waals surface area (Å²) in [5, 5.41) is 9.21. The molecule has 1 aromatic carbocycles. The van der Waals surface area contributed by atoms with Crippen LogP contribution in [-0.2, 0) is 6.61 Å². The van der Waals surface area contributed by atoms with E-state index in [1.807, 2.05) is 44.2 Å². The Labute approximate surface area is 119 Å². The van der Waals surface area contributed by atoms with Gasteiger partial charge in [0.25, 0.3) is 0 Å². The molecule has 0 radical (unpaired) electrons. The molecule has 1 aromatic heterocycles. The highest BCUT2D eigenvalue weighted by Crippen LogP contribution is 2.23. The molecule has 20 heavy (non-hydrogen) atoms. The third-order valence-corrected chi connectivity index (χ3v) is 2.98. The summed E-state index contributed by atoms with van der Waals surface area (Å²) in [5.41, 5.74) is 4.08. The molecule has 0 aliphatic heterocycles. The van der Waals surface area contributed by atoms with Gasteiger partial charge in [-0.3, -0.25) is 0 Å². The zero-order valence-electron chi connectivity index (χ0n) is 11.7. The van der Waals surface area contributed by atoms with E-state index in [-0.39, 0.29) is 0 Å². The molecule has 0 spiro atoms. The van der Waals surface area contributed by atoms with Crippen molar-refractivity contribution in [2.24, 2.45) is 0 Å². The van der Waals surface area contributed by atoms with E-state index in [2.05, 4.69) is 17.6 Å². The van der Waals surface area contributed by atoms with Crippen LogP contribution in [0.15, 0.2) is 43.0 Å². The maximum atomic E-state index is 9.21. The predicted molar refractivity (Wildman–Crippen MR) is 79.2 cm³/mol. The highest BCUT2D eigenvalue weighted by atomic mass is 16.5. The van der Waals surface area contributed by atoms with Gasteiger partial charge in [0.05, 0.1) is 0 Å². The fourth-order valence-corrected chi connectivity index (χ4v) is 1.93. The molecule has 0 aliphatic carbocycles. The Morgan fingerprint density at radius 2 is 2.05 bits per heavy atom. The van der Waals surface area contributed by atoms with E-state index in [9.17, 15) is 5.26 Å². The fourth-order valence-electron chi connectivity index (χ4n) is 1.93. The highest BCUT2D eigenvalue weighted by Gasteiger charge is 2.11. The van der Waals surface area contributed by atoms with Gasteiger partial charge < -0.3 is 4.74 Å². The van der Waals surface area contributed by atoms with Crippen LogP contribution < -0.4 is 4.74 Å². The minimum atomic E-state index is 0.374. The zero-order chi connectivity index (χ0) is 14.5. The number of allylic oxidation sites excluding steroid dienone is 1. The lowest BCUT2D eigenvalue weighted by Gasteiger charge is -2.11. The van der Waals surface area contributed by atoms with E-state index < -0.39 is 0 Å². The molecule has 0 fully saturated rings. The van der Waals surface area contributed by atoms with Gasteiger partial charge in [-0.15, -0.1) is 0 Å². The fraction of sp³-hybridized carbons (Fsp3) is 0.176. The minimum absolute atomic E-state index is 0.374. The average Bonchev–Trinajstić information content (AvgIpc) is 2.46. The topological polar surface area (TPSA) is 45.9 Å². The second-order valence-corrected chi connectivity index (χ2v) is 4.64. The molecule has 0 atom stereocenters. The Morgan fingerprint density at radius 1 is 1.35 bits per heavy atom. The van der Waals surface area contributed by atoms with Crippen LogP contribution in [0.3, 0.4) is 0 Å². The molecule has 100 valence electrons. The van der Waals surface area contributed by atoms with Crippen molar-refractivity contribution in [3.63, 3.8) is 0 Å². The Bertz CT molecular complexity index is 669. The Kier molecular flexibility index (Phi) is 4.17. The van der Waals surface area contributed by atoms with Gasteiger partial charge in [0, 0.05) is 5.69 Å². The molecule has 3 nitrogen and oxygen atoms in total. The molecule has 3 heteroatoms. The van der Waals surface area contributed by atoms with Gasteiger partial charge in [0.15, 0.2) is 0 Å². The van der Waals surface area contributed by atoms with Crippen LogP contribution in [0.25, 0.3) is 5.57 Å². The molecule has 2 aromatic rings. The summed E-state index contributed by atoms with van der Waals surface area (Å²) < 4.78 is 5.67. The van der Waals surface area contributed by atoms with Crippen molar-refractivity contribution in [1.82, 2.24) is 4.98 Å². The van der Waals surface area contributed by atoms with E-state index in [0.29, 0.717) is 18.1 Å². The minimum Gasteiger partial charge on any atom is -0.472 e. The summed E-state index contributed by atoms with van der Waals surface area (Å²) in [6.07, 6.45) is 0. The Balaban J connectivity index is 2.26. The van der Waals surface area contributed by atoms with Crippen molar-refractivity contribution in [3.05, 3.63) is 65.4 Å². The van der Waals surface area contributed by atoms with Crippen LogP contribution in [-0.4, -0.2) is 4.98 Å². The number of rotatable bonds is 4. The van der Waals surface area contributed by atoms with Gasteiger partial charge in [0.2, 0.25) is 5.88 Å². The SMILES string of the molecule is C=C(C)c1cc(C#N)c(OCc2ccccc2)nc1C. The van der Waals surface area contributed by atoms with Crippen molar-refractivity contribution < 1.29 is 4.74 Å². The van der Waals surface area contributed by atoms with Gasteiger partial charge in [-0.1, -0.05) is 36.9 Å². The molecule has 1 heterocycles. The second-order valence-electron chi connectivity index (χ2n) is 4.64. The molecule has 0 amide bonds. The van der Waals surface area contributed by atoms with E-state index in [1.54, 1.807) is 6.07 Å². The van der Waals surface area contributed by atoms with Crippen molar-refractivity contribution in [2.75, 3.05) is 0 Å². The Morgan fingerprint density at radius 3 is 2.65 bits per heavy atom. The number of ether oxygens (including phenoxy) is 1. The Hall–Kier alpha value is -2.60. The van der Waals surface area contributed by atoms with E-state index >= 15 is 0 Å². The van der Waals surface area contributed by atoms with Gasteiger partial charge >= 0.3 is 0 Å². The van der Waals surface area contributed by atoms with Crippen molar-refractivity contribution >= 4 is 5.57 Å². The van der Waals surface area contributed by atoms with Crippen LogP contribution in [0.1, 0.15) is 29.3 Å². The third-order valence-electron chi connectivity index (χ3n) is 2.98. The molecular formula is C17H16N2O. The van der Waals surface area contributed by atoms with Crippen LogP contribution in [0.5, 0.6) is 5.88 Å². The van der Waals surface area contributed by atoms with E-state index in [4.69, 9.17) is 4.74 Å². The number of nitriles is 1. The summed E-state index contributed by atoms with van der Waals surface area (Å²) in [5.74, 6) is 0.374. The molecule has 0 saturated heterocycles. The standard InChI is InChI=1S/C17H16N2O/c1-12(2)16-9-15(10-18)17(19-13(16)3)20-11-14-7-5-4-6-8-14/h4-9H,1,11H2,2-3H3. The lowest BCUT2D eigenvalue weighted by Crippen LogP contribution is -2.02. The number of aryl methyl sites for hydroxylation is 1. The normalized spacial score (nSPS) is 9.85. The second kappa shape index (κ2) is 6.03. The zero-order valence-corrected chi connectivity index (χ0v) is 11.7. The summed E-state index contributed by atoms with van der Waals surface area (Å²) in [4.78, 5) is 4.37. The van der Waals surface area contributed by atoms with Crippen molar-refractivity contribution in [2.45, 2.75) is 20.5 Å². The molecule has 0 unspecified atom stereocenters. The number of hydrogen-bond acceptors (Lipinski definition) is 3. The molecule has 0 aliphatic rings. The summed E-state index contributed by atoms with van der Waals surface area (Å²) in [6.45, 7) is 8.08. The van der Waals surface area contributed by atoms with Crippen LogP contribution in [0.4, 0.5) is 0 Å². The molecule has 0 N–H and O–H groups in total. The lowest BCUT2D eigenvalue weighted by molar-refractivity contribution is 0.292. The van der Waals surface area contributed by atoms with Crippen LogP contribution in [0, 0.1) is 18.3 Å². The van der Waals surface area contributed by atoms with Crippen LogP contribution in [0.2, 0.25) is 0 Å². The van der Waals surface area contributed by atoms with Gasteiger partial charge in [0.1, 0.15) is 18.2 Å². The average molecular weight is 264 g/mol. The smallest absolute Gasteiger partial charge is 0.232 e. The quantitative estimate of drug-likeness (QED) is 0.842. The number of aromatic nitrogens is 1. The maximum Gasteiger partial charge on any atom is 0.232 e. The number of nitrogens with zero attached hydrogens (tertiary/aromatic N) is 2. The first-order valence-corrected chi connectivity index (χ1v) is 6.36. The number of pyridine rings is 1. The van der Waals surface area contributed by atoms with Crippen molar-refractivity contribution in [1.29, 1.82) is 5.26 Å². The first-order chi connectivity index (χ1) is 9.61. The maximum absolute atomic E-state index is 9.21. The third kappa shape index (κ3) is 3.04. The molecule has 2 rings (SSSR count). The van der Waals surface area contributed by atoms with Gasteiger partial charge in [-0.2, -0.15) is 5.26 Å². The summed E-state index contributed by atoms with van der Waals surface area (Å²) >= 11 is 0. The van der Waals surface area contributed by atoms with Gasteiger partial charge in [-0.05, 0) is 36.6 Å². The first-order valence-electron chi connectivity index (χ1n) is 6.36.